The smallest absolute Gasteiger partial charge is 0.352 e. The first-order valence-corrected chi connectivity index (χ1v) is 4.17. The number of hydrazone groups is 1. The summed E-state index contributed by atoms with van der Waals surface area (Å²) < 4.78 is 0. The van der Waals surface area contributed by atoms with Crippen LogP contribution in [0.2, 0.25) is 0 Å². The Bertz CT molecular complexity index is 273. The van der Waals surface area contributed by atoms with Gasteiger partial charge in [-0.2, -0.15) is 5.10 Å². The quantitative estimate of drug-likeness (QED) is 0.281. The van der Waals surface area contributed by atoms with E-state index in [1.165, 1.54) is 6.21 Å². The third kappa shape index (κ3) is 3.02. The molecule has 1 aliphatic rings. The zero-order chi connectivity index (χ0) is 10.6. The molecule has 0 saturated carbocycles. The maximum Gasteiger partial charge on any atom is 0.352 e. The van der Waals surface area contributed by atoms with Gasteiger partial charge in [-0.25, -0.2) is 16.1 Å². The first-order valence-electron chi connectivity index (χ1n) is 4.17. The van der Waals surface area contributed by atoms with Gasteiger partial charge in [-0.05, 0) is 13.8 Å². The molecule has 14 heavy (non-hydrogen) atoms. The molecule has 0 spiro atoms. The monoisotopic (exact) mass is 199 g/mol. The van der Waals surface area contributed by atoms with Gasteiger partial charge in [-0.15, -0.1) is 0 Å². The summed E-state index contributed by atoms with van der Waals surface area (Å²) in [7, 11) is 0. The summed E-state index contributed by atoms with van der Waals surface area (Å²) in [6, 6.07) is -0.438. The molecule has 0 radical (unpaired) electrons. The van der Waals surface area contributed by atoms with Crippen LogP contribution in [0.3, 0.4) is 0 Å². The molecule has 3 N–H and O–H groups in total. The zero-order valence-electron chi connectivity index (χ0n) is 8.10. The van der Waals surface area contributed by atoms with Crippen LogP contribution in [-0.2, 0) is 4.84 Å². The number of rotatable bonds is 3. The van der Waals surface area contributed by atoms with E-state index < -0.39 is 6.03 Å². The number of amides is 2. The van der Waals surface area contributed by atoms with Crippen molar-refractivity contribution in [1.29, 1.82) is 0 Å². The number of nitrogens with one attached hydrogen (secondary N) is 1. The highest BCUT2D eigenvalue weighted by molar-refractivity contribution is 6.32. The molecule has 1 heterocycles. The highest BCUT2D eigenvalue weighted by Crippen LogP contribution is 1.91. The SMILES string of the molecule is CC(C)O/N=C/C1=NNC(=O)N(N)C1. The number of nitrogens with two attached hydrogens (primary N) is 1. The van der Waals surface area contributed by atoms with E-state index in [2.05, 4.69) is 15.7 Å². The van der Waals surface area contributed by atoms with Crippen molar-refractivity contribution in [3.05, 3.63) is 0 Å². The lowest BCUT2D eigenvalue weighted by atomic mass is 10.4. The Morgan fingerprint density at radius 3 is 3.07 bits per heavy atom. The van der Waals surface area contributed by atoms with Crippen molar-refractivity contribution in [2.45, 2.75) is 20.0 Å². The van der Waals surface area contributed by atoms with Crippen molar-refractivity contribution in [3.63, 3.8) is 0 Å². The van der Waals surface area contributed by atoms with E-state index >= 15 is 0 Å². The molecule has 0 aromatic rings. The number of oxime groups is 1. The summed E-state index contributed by atoms with van der Waals surface area (Å²) >= 11 is 0. The van der Waals surface area contributed by atoms with Crippen molar-refractivity contribution in [2.24, 2.45) is 16.1 Å². The second-order valence-corrected chi connectivity index (χ2v) is 3.04. The highest BCUT2D eigenvalue weighted by atomic mass is 16.6. The van der Waals surface area contributed by atoms with Crippen molar-refractivity contribution < 1.29 is 9.63 Å². The summed E-state index contributed by atoms with van der Waals surface area (Å²) in [4.78, 5) is 15.8. The Hall–Kier alpha value is -1.63. The van der Waals surface area contributed by atoms with Crippen LogP contribution in [0.1, 0.15) is 13.8 Å². The average Bonchev–Trinajstić information content (AvgIpc) is 2.10. The van der Waals surface area contributed by atoms with Crippen LogP contribution in [0.4, 0.5) is 4.79 Å². The van der Waals surface area contributed by atoms with Gasteiger partial charge in [0.2, 0.25) is 0 Å². The fraction of sp³-hybridized carbons (Fsp3) is 0.571. The van der Waals surface area contributed by atoms with Crippen LogP contribution in [0.5, 0.6) is 0 Å². The Morgan fingerprint density at radius 2 is 2.50 bits per heavy atom. The average molecular weight is 199 g/mol. The van der Waals surface area contributed by atoms with Gasteiger partial charge in [0.25, 0.3) is 0 Å². The highest BCUT2D eigenvalue weighted by Gasteiger charge is 2.15. The predicted molar refractivity (Wildman–Crippen MR) is 51.6 cm³/mol. The lowest BCUT2D eigenvalue weighted by Crippen LogP contribution is -2.50. The summed E-state index contributed by atoms with van der Waals surface area (Å²) in [5.41, 5.74) is 2.76. The molecule has 7 heteroatoms. The molecule has 0 aromatic carbocycles. The van der Waals surface area contributed by atoms with Crippen molar-refractivity contribution in [2.75, 3.05) is 6.54 Å². The second-order valence-electron chi connectivity index (χ2n) is 3.04. The largest absolute Gasteiger partial charge is 0.393 e. The molecule has 1 aliphatic heterocycles. The van der Waals surface area contributed by atoms with Gasteiger partial charge < -0.3 is 4.84 Å². The van der Waals surface area contributed by atoms with Gasteiger partial charge in [0.1, 0.15) is 11.8 Å². The molecule has 0 unspecified atom stereocenters. The van der Waals surface area contributed by atoms with Crippen LogP contribution in [0, 0.1) is 0 Å². The van der Waals surface area contributed by atoms with E-state index in [4.69, 9.17) is 10.7 Å². The van der Waals surface area contributed by atoms with E-state index in [0.717, 1.165) is 5.01 Å². The predicted octanol–water partition coefficient (Wildman–Crippen LogP) is -0.348. The van der Waals surface area contributed by atoms with Crippen LogP contribution in [-0.4, -0.2) is 35.6 Å². The van der Waals surface area contributed by atoms with Crippen LogP contribution < -0.4 is 11.3 Å². The fourth-order valence-corrected chi connectivity index (χ4v) is 0.748. The first-order chi connectivity index (χ1) is 6.59. The zero-order valence-corrected chi connectivity index (χ0v) is 8.10. The van der Waals surface area contributed by atoms with Crippen molar-refractivity contribution in [3.8, 4) is 0 Å². The Balaban J connectivity index is 2.46. The molecule has 0 fully saturated rings. The van der Waals surface area contributed by atoms with Gasteiger partial charge >= 0.3 is 6.03 Å². The molecular weight excluding hydrogens is 186 g/mol. The number of hydrogen-bond acceptors (Lipinski definition) is 5. The molecule has 7 nitrogen and oxygen atoms in total. The van der Waals surface area contributed by atoms with E-state index in [1.54, 1.807) is 0 Å². The molecule has 0 aliphatic carbocycles. The minimum Gasteiger partial charge on any atom is -0.393 e. The summed E-state index contributed by atoms with van der Waals surface area (Å²) in [5.74, 6) is 5.34. The topological polar surface area (TPSA) is 92.3 Å². The summed E-state index contributed by atoms with van der Waals surface area (Å²) in [6.45, 7) is 3.94. The van der Waals surface area contributed by atoms with Gasteiger partial charge in [-0.1, -0.05) is 5.16 Å². The lowest BCUT2D eigenvalue weighted by molar-refractivity contribution is 0.0876. The molecule has 0 bridgehead atoms. The molecule has 0 saturated heterocycles. The third-order valence-electron chi connectivity index (χ3n) is 1.36. The minimum absolute atomic E-state index is 0.0130. The van der Waals surface area contributed by atoms with Crippen molar-refractivity contribution >= 4 is 18.0 Å². The van der Waals surface area contributed by atoms with Crippen LogP contribution in [0.25, 0.3) is 0 Å². The minimum atomic E-state index is -0.438. The van der Waals surface area contributed by atoms with Gasteiger partial charge in [0, 0.05) is 0 Å². The van der Waals surface area contributed by atoms with Gasteiger partial charge in [-0.3, -0.25) is 5.01 Å². The van der Waals surface area contributed by atoms with E-state index in [1.807, 2.05) is 13.8 Å². The van der Waals surface area contributed by atoms with E-state index in [-0.39, 0.29) is 12.6 Å². The Labute approximate surface area is 81.5 Å². The van der Waals surface area contributed by atoms with E-state index in [9.17, 15) is 4.79 Å². The van der Waals surface area contributed by atoms with E-state index in [0.29, 0.717) is 5.71 Å². The first kappa shape index (κ1) is 10.5. The molecule has 0 atom stereocenters. The molecule has 1 rings (SSSR count). The summed E-state index contributed by atoms with van der Waals surface area (Å²) in [5, 5.41) is 8.39. The number of carbonyl (C=O) groups is 1. The second kappa shape index (κ2) is 4.56. The maximum absolute atomic E-state index is 10.8. The lowest BCUT2D eigenvalue weighted by Gasteiger charge is -2.19. The Morgan fingerprint density at radius 1 is 1.79 bits per heavy atom. The number of carbonyl (C=O) groups excluding carboxylic acids is 1. The molecule has 78 valence electrons. The van der Waals surface area contributed by atoms with Gasteiger partial charge in [0.05, 0.1) is 12.8 Å². The number of nitrogens with zero attached hydrogens (tertiary/aromatic N) is 3. The number of hydrazine groups is 1. The summed E-state index contributed by atoms with van der Waals surface area (Å²) in [6.07, 6.45) is 1.43. The standard InChI is InChI=1S/C7H13N5O2/c1-5(2)14-9-3-6-4-12(8)7(13)11-10-6/h3,5H,4,8H2,1-2H3,(H,11,13)/b9-3+. The molecular formula is C7H13N5O2. The third-order valence-corrected chi connectivity index (χ3v) is 1.36. The molecule has 0 aromatic heterocycles. The maximum atomic E-state index is 10.8. The van der Waals surface area contributed by atoms with Crippen molar-refractivity contribution in [1.82, 2.24) is 10.4 Å². The fourth-order valence-electron chi connectivity index (χ4n) is 0.748. The van der Waals surface area contributed by atoms with Crippen LogP contribution in [0.15, 0.2) is 10.3 Å². The van der Waals surface area contributed by atoms with Gasteiger partial charge in [0.15, 0.2) is 0 Å². The molecule has 2 amide bonds. The normalized spacial score (nSPS) is 17.3. The van der Waals surface area contributed by atoms with Crippen LogP contribution >= 0.6 is 0 Å². The number of urea groups is 1. The number of hydrogen-bond donors (Lipinski definition) is 2. The Kier molecular flexibility index (Phi) is 3.41.